The predicted octanol–water partition coefficient (Wildman–Crippen LogP) is 5.19. The number of alkyl carbamates (subject to hydrolysis) is 1. The summed E-state index contributed by atoms with van der Waals surface area (Å²) in [6, 6.07) is 8.45. The van der Waals surface area contributed by atoms with E-state index in [1.807, 2.05) is 72.0 Å². The second-order valence-electron chi connectivity index (χ2n) is 15.2. The molecule has 3 rings (SSSR count). The standard InChI is InChI=1S/C39H62N6O7S2/c1-10-27(5)30(22-34(46)39(6)19-15-16-20-44(39)7)37(48)45(8)32(26(3)4)23-33(52-38(49)40-11-2)36-43-31(25-53-36)35(47)42-29(24-41-54(9,50)51)21-28-17-13-12-14-18-28/h12-14,17-18,25-27,29-30,32-33,41H,10-11,15-16,19-24H2,1-9H3,(H,40,49)(H,42,47)/t27-,29-,30-,32+,33+,39+/m0/s1. The summed E-state index contributed by atoms with van der Waals surface area (Å²) in [5.41, 5.74) is 0.409. The number of hydrogen-bond donors (Lipinski definition) is 3. The molecule has 2 aromatic rings. The highest BCUT2D eigenvalue weighted by Gasteiger charge is 2.42. The zero-order valence-electron chi connectivity index (χ0n) is 33.5. The highest BCUT2D eigenvalue weighted by atomic mass is 32.2. The summed E-state index contributed by atoms with van der Waals surface area (Å²) in [5.74, 6) is -1.15. The first-order valence-corrected chi connectivity index (χ1v) is 21.9. The summed E-state index contributed by atoms with van der Waals surface area (Å²) < 4.78 is 32.2. The van der Waals surface area contributed by atoms with Gasteiger partial charge >= 0.3 is 6.09 Å². The highest BCUT2D eigenvalue weighted by Crippen LogP contribution is 2.35. The SMILES string of the molecule is CCNC(=O)O[C@H](C[C@H](C(C)C)N(C)C(=O)[C@@H](CC(=O)[C@@]1(C)CCCCN1C)[C@@H](C)CC)c1nc(C(=O)N[C@H](CNS(C)(=O)=O)Cc2ccccc2)cs1. The lowest BCUT2D eigenvalue weighted by Gasteiger charge is -2.43. The van der Waals surface area contributed by atoms with Gasteiger partial charge in [-0.2, -0.15) is 0 Å². The van der Waals surface area contributed by atoms with Gasteiger partial charge in [-0.15, -0.1) is 11.3 Å². The minimum atomic E-state index is -3.51. The van der Waals surface area contributed by atoms with Crippen LogP contribution in [0.25, 0.3) is 0 Å². The third-order valence-corrected chi connectivity index (χ3v) is 12.5. The van der Waals surface area contributed by atoms with Gasteiger partial charge in [0, 0.05) is 56.4 Å². The van der Waals surface area contributed by atoms with Gasteiger partial charge in [0.05, 0.1) is 11.8 Å². The van der Waals surface area contributed by atoms with E-state index in [1.54, 1.807) is 24.3 Å². The molecule has 0 spiro atoms. The molecule has 0 aliphatic carbocycles. The lowest BCUT2D eigenvalue weighted by molar-refractivity contribution is -0.144. The number of ketones is 1. The number of sulfonamides is 1. The number of carbonyl (C=O) groups is 4. The molecule has 302 valence electrons. The van der Waals surface area contributed by atoms with Crippen molar-refractivity contribution in [2.24, 2.45) is 17.8 Å². The number of piperidine rings is 1. The van der Waals surface area contributed by atoms with Gasteiger partial charge < -0.3 is 20.3 Å². The first-order valence-electron chi connectivity index (χ1n) is 19.1. The summed E-state index contributed by atoms with van der Waals surface area (Å²) in [5, 5.41) is 7.53. The number of thiazole rings is 1. The molecule has 1 saturated heterocycles. The van der Waals surface area contributed by atoms with Crippen LogP contribution in [0.15, 0.2) is 35.7 Å². The van der Waals surface area contributed by atoms with Crippen molar-refractivity contribution in [2.75, 3.05) is 40.0 Å². The molecule has 1 aliphatic rings. The van der Waals surface area contributed by atoms with E-state index in [0.29, 0.717) is 18.0 Å². The molecule has 0 radical (unpaired) electrons. The van der Waals surface area contributed by atoms with Crippen molar-refractivity contribution in [3.63, 3.8) is 0 Å². The van der Waals surface area contributed by atoms with Gasteiger partial charge in [-0.3, -0.25) is 19.3 Å². The van der Waals surface area contributed by atoms with Gasteiger partial charge in [0.25, 0.3) is 5.91 Å². The van der Waals surface area contributed by atoms with Crippen LogP contribution in [0.4, 0.5) is 4.79 Å². The molecule has 0 saturated carbocycles. The minimum Gasteiger partial charge on any atom is -0.439 e. The van der Waals surface area contributed by atoms with Crippen LogP contribution in [0, 0.1) is 17.8 Å². The number of benzene rings is 1. The number of amides is 3. The molecule has 3 N–H and O–H groups in total. The van der Waals surface area contributed by atoms with Gasteiger partial charge in [0.1, 0.15) is 10.7 Å². The summed E-state index contributed by atoms with van der Waals surface area (Å²) in [4.78, 5) is 63.1. The number of rotatable bonds is 20. The van der Waals surface area contributed by atoms with Gasteiger partial charge in [-0.05, 0) is 70.5 Å². The molecule has 1 aromatic heterocycles. The van der Waals surface area contributed by atoms with Gasteiger partial charge in [0.2, 0.25) is 15.9 Å². The maximum Gasteiger partial charge on any atom is 0.407 e. The highest BCUT2D eigenvalue weighted by molar-refractivity contribution is 7.88. The topological polar surface area (TPSA) is 167 Å². The Morgan fingerprint density at radius 1 is 1.09 bits per heavy atom. The Labute approximate surface area is 326 Å². The Morgan fingerprint density at radius 2 is 1.78 bits per heavy atom. The van der Waals surface area contributed by atoms with Crippen LogP contribution in [0.2, 0.25) is 0 Å². The minimum absolute atomic E-state index is 0.0188. The Balaban J connectivity index is 1.87. The van der Waals surface area contributed by atoms with E-state index in [1.165, 1.54) is 11.3 Å². The Kier molecular flexibility index (Phi) is 17.1. The Morgan fingerprint density at radius 3 is 2.37 bits per heavy atom. The number of likely N-dealkylation sites (N-methyl/N-ethyl adjacent to an activating group) is 1. The van der Waals surface area contributed by atoms with E-state index in [9.17, 15) is 27.6 Å². The van der Waals surface area contributed by atoms with Crippen LogP contribution in [-0.4, -0.2) is 105 Å². The molecule has 0 bridgehead atoms. The van der Waals surface area contributed by atoms with Crippen LogP contribution in [-0.2, 0) is 30.8 Å². The molecule has 1 aromatic carbocycles. The van der Waals surface area contributed by atoms with Crippen molar-refractivity contribution < 1.29 is 32.3 Å². The average Bonchev–Trinajstić information content (AvgIpc) is 3.62. The quantitative estimate of drug-likeness (QED) is 0.164. The predicted molar refractivity (Wildman–Crippen MR) is 213 cm³/mol. The second-order valence-corrected chi connectivity index (χ2v) is 18.0. The van der Waals surface area contributed by atoms with E-state index in [0.717, 1.165) is 44.0 Å². The van der Waals surface area contributed by atoms with E-state index in [2.05, 4.69) is 25.2 Å². The monoisotopic (exact) mass is 790 g/mol. The van der Waals surface area contributed by atoms with Crippen LogP contribution < -0.4 is 15.4 Å². The summed E-state index contributed by atoms with van der Waals surface area (Å²) in [6.07, 6.45) is 3.79. The molecule has 13 nitrogen and oxygen atoms in total. The summed E-state index contributed by atoms with van der Waals surface area (Å²) in [6.45, 7) is 13.0. The third-order valence-electron chi connectivity index (χ3n) is 10.8. The summed E-state index contributed by atoms with van der Waals surface area (Å²) >= 11 is 1.17. The fourth-order valence-corrected chi connectivity index (χ4v) is 8.35. The zero-order valence-corrected chi connectivity index (χ0v) is 35.1. The molecule has 0 unspecified atom stereocenters. The second kappa shape index (κ2) is 20.5. The molecule has 2 heterocycles. The van der Waals surface area contributed by atoms with Crippen molar-refractivity contribution in [1.29, 1.82) is 0 Å². The number of likely N-dealkylation sites (tertiary alicyclic amines) is 1. The maximum atomic E-state index is 14.4. The van der Waals surface area contributed by atoms with Crippen LogP contribution in [0.5, 0.6) is 0 Å². The van der Waals surface area contributed by atoms with E-state index in [4.69, 9.17) is 4.74 Å². The maximum absolute atomic E-state index is 14.4. The largest absolute Gasteiger partial charge is 0.439 e. The lowest BCUT2D eigenvalue weighted by Crippen LogP contribution is -2.54. The summed E-state index contributed by atoms with van der Waals surface area (Å²) in [7, 11) is 0.227. The molecule has 3 amide bonds. The van der Waals surface area contributed by atoms with Crippen molar-refractivity contribution in [1.82, 2.24) is 30.1 Å². The Hall–Kier alpha value is -3.40. The van der Waals surface area contributed by atoms with Gasteiger partial charge in [-0.1, -0.05) is 64.4 Å². The molecule has 15 heteroatoms. The molecule has 1 aliphatic heterocycles. The van der Waals surface area contributed by atoms with Gasteiger partial charge in [-0.25, -0.2) is 22.9 Å². The molecule has 1 fully saturated rings. The molecular weight excluding hydrogens is 729 g/mol. The van der Waals surface area contributed by atoms with Crippen LogP contribution >= 0.6 is 11.3 Å². The lowest BCUT2D eigenvalue weighted by atomic mass is 9.77. The molecular formula is C39H62N6O7S2. The number of hydrogen-bond acceptors (Lipinski definition) is 10. The van der Waals surface area contributed by atoms with Crippen molar-refractivity contribution >= 4 is 45.1 Å². The number of Topliss-reactive ketones (excluding diaryl/α,β-unsaturated/α-hetero) is 1. The van der Waals surface area contributed by atoms with Crippen LogP contribution in [0.1, 0.15) is 107 Å². The first-order chi connectivity index (χ1) is 25.4. The molecule has 54 heavy (non-hydrogen) atoms. The van der Waals surface area contributed by atoms with E-state index in [-0.39, 0.29) is 48.6 Å². The Bertz CT molecular complexity index is 1650. The smallest absolute Gasteiger partial charge is 0.407 e. The van der Waals surface area contributed by atoms with E-state index >= 15 is 0 Å². The molecule has 6 atom stereocenters. The number of nitrogens with zero attached hydrogens (tertiary/aromatic N) is 3. The number of ether oxygens (including phenoxy) is 1. The average molecular weight is 791 g/mol. The number of nitrogens with one attached hydrogen (secondary N) is 3. The fourth-order valence-electron chi connectivity index (χ4n) is 7.00. The number of aromatic nitrogens is 1. The van der Waals surface area contributed by atoms with Crippen molar-refractivity contribution in [3.05, 3.63) is 52.0 Å². The van der Waals surface area contributed by atoms with E-state index < -0.39 is 51.7 Å². The van der Waals surface area contributed by atoms with Crippen LogP contribution in [0.3, 0.4) is 0 Å². The van der Waals surface area contributed by atoms with Crippen molar-refractivity contribution in [3.8, 4) is 0 Å². The van der Waals surface area contributed by atoms with Gasteiger partial charge in [0.15, 0.2) is 11.9 Å². The van der Waals surface area contributed by atoms with Crippen molar-refractivity contribution in [2.45, 2.75) is 110 Å². The fraction of sp³-hybridized carbons (Fsp3) is 0.667. The first kappa shape index (κ1) is 45.0. The zero-order chi connectivity index (χ0) is 40.2. The number of carbonyl (C=O) groups excluding carboxylic acids is 4. The third kappa shape index (κ3) is 12.8. The normalized spacial score (nSPS) is 19.3.